The summed E-state index contributed by atoms with van der Waals surface area (Å²) in [5, 5.41) is 5.75. The van der Waals surface area contributed by atoms with E-state index >= 15 is 0 Å². The standard InChI is InChI=1S/C10H18N2O/c1-5-6-11-10(13)9(4)12-7-8(2)3/h5,9,12H,1-2,6-7H2,3-4H3,(H,11,13). The third kappa shape index (κ3) is 6.11. The van der Waals surface area contributed by atoms with Gasteiger partial charge in [0.2, 0.25) is 5.91 Å². The minimum Gasteiger partial charge on any atom is -0.351 e. The van der Waals surface area contributed by atoms with Gasteiger partial charge in [-0.25, -0.2) is 0 Å². The maximum Gasteiger partial charge on any atom is 0.237 e. The number of hydrogen-bond acceptors (Lipinski definition) is 2. The molecule has 1 amide bonds. The van der Waals surface area contributed by atoms with Gasteiger partial charge in [-0.3, -0.25) is 4.79 Å². The lowest BCUT2D eigenvalue weighted by Gasteiger charge is -2.12. The van der Waals surface area contributed by atoms with Crippen LogP contribution >= 0.6 is 0 Å². The zero-order valence-electron chi connectivity index (χ0n) is 8.39. The molecule has 0 spiro atoms. The molecule has 0 radical (unpaired) electrons. The third-order valence-electron chi connectivity index (χ3n) is 1.52. The first-order valence-corrected chi connectivity index (χ1v) is 4.34. The predicted octanol–water partition coefficient (Wildman–Crippen LogP) is 0.843. The van der Waals surface area contributed by atoms with E-state index in [1.807, 2.05) is 13.8 Å². The Balaban J connectivity index is 3.68. The molecule has 0 saturated heterocycles. The van der Waals surface area contributed by atoms with Gasteiger partial charge in [0.1, 0.15) is 0 Å². The van der Waals surface area contributed by atoms with Crippen molar-refractivity contribution in [2.75, 3.05) is 13.1 Å². The molecule has 0 bridgehead atoms. The lowest BCUT2D eigenvalue weighted by Crippen LogP contribution is -2.42. The van der Waals surface area contributed by atoms with E-state index in [-0.39, 0.29) is 11.9 Å². The van der Waals surface area contributed by atoms with Gasteiger partial charge in [0.05, 0.1) is 6.04 Å². The minimum absolute atomic E-state index is 0.0128. The number of rotatable bonds is 6. The van der Waals surface area contributed by atoms with Crippen molar-refractivity contribution in [3.8, 4) is 0 Å². The maximum atomic E-state index is 11.3. The molecular weight excluding hydrogens is 164 g/mol. The van der Waals surface area contributed by atoms with Gasteiger partial charge in [-0.15, -0.1) is 6.58 Å². The summed E-state index contributed by atoms with van der Waals surface area (Å²) in [5.74, 6) is -0.0128. The molecule has 13 heavy (non-hydrogen) atoms. The molecule has 0 saturated carbocycles. The van der Waals surface area contributed by atoms with Gasteiger partial charge >= 0.3 is 0 Å². The summed E-state index contributed by atoms with van der Waals surface area (Å²) < 4.78 is 0. The van der Waals surface area contributed by atoms with Crippen molar-refractivity contribution in [3.63, 3.8) is 0 Å². The van der Waals surface area contributed by atoms with Crippen LogP contribution in [0.5, 0.6) is 0 Å². The first-order chi connectivity index (χ1) is 6.07. The van der Waals surface area contributed by atoms with Crippen LogP contribution in [0.25, 0.3) is 0 Å². The predicted molar refractivity (Wildman–Crippen MR) is 55.5 cm³/mol. The Kier molecular flexibility index (Phi) is 5.89. The van der Waals surface area contributed by atoms with Crippen LogP contribution in [0.15, 0.2) is 24.8 Å². The second-order valence-electron chi connectivity index (χ2n) is 3.09. The molecule has 0 rings (SSSR count). The number of hydrogen-bond donors (Lipinski definition) is 2. The number of nitrogens with one attached hydrogen (secondary N) is 2. The molecule has 3 heteroatoms. The molecule has 1 atom stereocenters. The molecule has 0 aromatic rings. The summed E-state index contributed by atoms with van der Waals surface area (Å²) in [4.78, 5) is 11.3. The van der Waals surface area contributed by atoms with Gasteiger partial charge in [0.25, 0.3) is 0 Å². The van der Waals surface area contributed by atoms with Crippen molar-refractivity contribution in [3.05, 3.63) is 24.8 Å². The highest BCUT2D eigenvalue weighted by Crippen LogP contribution is 1.86. The van der Waals surface area contributed by atoms with Crippen LogP contribution in [0.2, 0.25) is 0 Å². The second kappa shape index (κ2) is 6.43. The molecule has 3 nitrogen and oxygen atoms in total. The number of carbonyl (C=O) groups excluding carboxylic acids is 1. The van der Waals surface area contributed by atoms with E-state index in [1.54, 1.807) is 6.08 Å². The van der Waals surface area contributed by atoms with E-state index in [9.17, 15) is 4.79 Å². The van der Waals surface area contributed by atoms with Gasteiger partial charge in [0.15, 0.2) is 0 Å². The summed E-state index contributed by atoms with van der Waals surface area (Å²) in [7, 11) is 0. The van der Waals surface area contributed by atoms with Gasteiger partial charge in [-0.1, -0.05) is 18.2 Å². The molecule has 1 unspecified atom stereocenters. The van der Waals surface area contributed by atoms with Crippen LogP contribution in [0.1, 0.15) is 13.8 Å². The Morgan fingerprint density at radius 3 is 2.69 bits per heavy atom. The van der Waals surface area contributed by atoms with Crippen LogP contribution in [0.4, 0.5) is 0 Å². The molecule has 0 aliphatic heterocycles. The first-order valence-electron chi connectivity index (χ1n) is 4.34. The molecule has 0 aromatic carbocycles. The topological polar surface area (TPSA) is 41.1 Å². The Bertz CT molecular complexity index is 199. The quantitative estimate of drug-likeness (QED) is 0.598. The summed E-state index contributed by atoms with van der Waals surface area (Å²) in [6.45, 7) is 12.2. The van der Waals surface area contributed by atoms with Gasteiger partial charge in [-0.2, -0.15) is 0 Å². The van der Waals surface area contributed by atoms with E-state index in [2.05, 4.69) is 23.8 Å². The molecule has 0 aromatic heterocycles. The monoisotopic (exact) mass is 182 g/mol. The fraction of sp³-hybridized carbons (Fsp3) is 0.500. The van der Waals surface area contributed by atoms with E-state index < -0.39 is 0 Å². The summed E-state index contributed by atoms with van der Waals surface area (Å²) in [6.07, 6.45) is 1.66. The highest BCUT2D eigenvalue weighted by molar-refractivity contribution is 5.81. The molecule has 2 N–H and O–H groups in total. The Morgan fingerprint density at radius 2 is 2.23 bits per heavy atom. The summed E-state index contributed by atoms with van der Waals surface area (Å²) in [5.41, 5.74) is 1.02. The fourth-order valence-electron chi connectivity index (χ4n) is 0.746. The minimum atomic E-state index is -0.184. The lowest BCUT2D eigenvalue weighted by atomic mass is 10.2. The van der Waals surface area contributed by atoms with Crippen molar-refractivity contribution in [2.45, 2.75) is 19.9 Å². The van der Waals surface area contributed by atoms with Gasteiger partial charge < -0.3 is 10.6 Å². The Morgan fingerprint density at radius 1 is 1.62 bits per heavy atom. The van der Waals surface area contributed by atoms with Crippen LogP contribution in [0.3, 0.4) is 0 Å². The average molecular weight is 182 g/mol. The smallest absolute Gasteiger partial charge is 0.237 e. The maximum absolute atomic E-state index is 11.3. The average Bonchev–Trinajstić information content (AvgIpc) is 2.10. The van der Waals surface area contributed by atoms with Crippen LogP contribution in [-0.2, 0) is 4.79 Å². The third-order valence-corrected chi connectivity index (χ3v) is 1.52. The van der Waals surface area contributed by atoms with Gasteiger partial charge in [-0.05, 0) is 13.8 Å². The normalized spacial score (nSPS) is 11.8. The summed E-state index contributed by atoms with van der Waals surface area (Å²) >= 11 is 0. The molecular formula is C10H18N2O. The van der Waals surface area contributed by atoms with E-state index in [4.69, 9.17) is 0 Å². The highest BCUT2D eigenvalue weighted by Gasteiger charge is 2.09. The summed E-state index contributed by atoms with van der Waals surface area (Å²) in [6, 6.07) is -0.184. The fourth-order valence-corrected chi connectivity index (χ4v) is 0.746. The molecule has 0 fully saturated rings. The molecule has 0 aliphatic rings. The number of carbonyl (C=O) groups is 1. The van der Waals surface area contributed by atoms with Crippen LogP contribution in [-0.4, -0.2) is 25.0 Å². The van der Waals surface area contributed by atoms with Crippen molar-refractivity contribution in [1.29, 1.82) is 0 Å². The molecule has 0 heterocycles. The van der Waals surface area contributed by atoms with Crippen molar-refractivity contribution in [1.82, 2.24) is 10.6 Å². The lowest BCUT2D eigenvalue weighted by molar-refractivity contribution is -0.122. The highest BCUT2D eigenvalue weighted by atomic mass is 16.2. The van der Waals surface area contributed by atoms with Crippen LogP contribution in [0, 0.1) is 0 Å². The zero-order chi connectivity index (χ0) is 10.3. The van der Waals surface area contributed by atoms with Crippen LogP contribution < -0.4 is 10.6 Å². The molecule has 0 aliphatic carbocycles. The zero-order valence-corrected chi connectivity index (χ0v) is 8.39. The van der Waals surface area contributed by atoms with Crippen molar-refractivity contribution >= 4 is 5.91 Å². The van der Waals surface area contributed by atoms with Gasteiger partial charge in [0, 0.05) is 13.1 Å². The number of amides is 1. The Hall–Kier alpha value is -1.09. The molecule has 74 valence electrons. The van der Waals surface area contributed by atoms with E-state index in [1.165, 1.54) is 0 Å². The van der Waals surface area contributed by atoms with Crippen molar-refractivity contribution < 1.29 is 4.79 Å². The van der Waals surface area contributed by atoms with E-state index in [0.717, 1.165) is 5.57 Å². The largest absolute Gasteiger partial charge is 0.351 e. The van der Waals surface area contributed by atoms with E-state index in [0.29, 0.717) is 13.1 Å². The SMILES string of the molecule is C=CCNC(=O)C(C)NCC(=C)C. The first kappa shape index (κ1) is 11.9. The Labute approximate surface area is 79.9 Å². The second-order valence-corrected chi connectivity index (χ2v) is 3.09. The van der Waals surface area contributed by atoms with Crippen molar-refractivity contribution in [2.24, 2.45) is 0 Å².